The van der Waals surface area contributed by atoms with Crippen LogP contribution in [0.3, 0.4) is 0 Å². The van der Waals surface area contributed by atoms with Crippen LogP contribution in [0.5, 0.6) is 0 Å². The van der Waals surface area contributed by atoms with Crippen molar-refractivity contribution in [2.45, 2.75) is 32.5 Å². The maximum Gasteiger partial charge on any atom is 0.242 e. The van der Waals surface area contributed by atoms with Gasteiger partial charge in [-0.25, -0.2) is 9.97 Å². The molecule has 0 spiro atoms. The summed E-state index contributed by atoms with van der Waals surface area (Å²) in [6.45, 7) is 6.60. The summed E-state index contributed by atoms with van der Waals surface area (Å²) in [7, 11) is 0. The second-order valence-corrected chi connectivity index (χ2v) is 10.1. The smallest absolute Gasteiger partial charge is 0.242 e. The zero-order chi connectivity index (χ0) is 24.6. The number of anilines is 2. The van der Waals surface area contributed by atoms with Crippen LogP contribution in [0.1, 0.15) is 18.1 Å². The Bertz CT molecular complexity index is 1400. The van der Waals surface area contributed by atoms with E-state index in [1.165, 1.54) is 22.5 Å². The number of rotatable bonds is 4. The van der Waals surface area contributed by atoms with Gasteiger partial charge in [-0.2, -0.15) is 0 Å². The molecular formula is C28H29ClN6O. The number of pyridine rings is 1. The molecular weight excluding hydrogens is 472 g/mol. The van der Waals surface area contributed by atoms with E-state index in [1.807, 2.05) is 33.7 Å². The van der Waals surface area contributed by atoms with Gasteiger partial charge in [0.05, 0.1) is 6.33 Å². The lowest BCUT2D eigenvalue weighted by Crippen LogP contribution is -2.55. The molecule has 0 N–H and O–H groups in total. The number of fused-ring (bicyclic) bond motifs is 2. The van der Waals surface area contributed by atoms with E-state index < -0.39 is 0 Å². The number of halogens is 1. The van der Waals surface area contributed by atoms with E-state index in [0.717, 1.165) is 48.8 Å². The number of imidazole rings is 1. The molecule has 0 bridgehead atoms. The molecule has 2 aliphatic heterocycles. The van der Waals surface area contributed by atoms with Gasteiger partial charge in [0.2, 0.25) is 5.91 Å². The van der Waals surface area contributed by atoms with E-state index in [1.54, 1.807) is 12.5 Å². The number of amides is 1. The van der Waals surface area contributed by atoms with Gasteiger partial charge in [0.15, 0.2) is 5.65 Å². The number of piperazine rings is 1. The molecule has 1 saturated heterocycles. The normalized spacial score (nSPS) is 17.9. The average molecular weight is 501 g/mol. The Morgan fingerprint density at radius 3 is 2.69 bits per heavy atom. The Balaban J connectivity index is 1.17. The van der Waals surface area contributed by atoms with Crippen molar-refractivity contribution in [3.05, 3.63) is 83.3 Å². The van der Waals surface area contributed by atoms with Crippen LogP contribution >= 0.6 is 11.6 Å². The maximum atomic E-state index is 13.2. The van der Waals surface area contributed by atoms with Crippen molar-refractivity contribution < 1.29 is 4.79 Å². The minimum atomic E-state index is 0.108. The van der Waals surface area contributed by atoms with Gasteiger partial charge in [0.25, 0.3) is 0 Å². The molecule has 0 aliphatic carbocycles. The van der Waals surface area contributed by atoms with Crippen molar-refractivity contribution in [1.29, 1.82) is 0 Å². The molecule has 0 saturated carbocycles. The highest BCUT2D eigenvalue weighted by Gasteiger charge is 2.30. The highest BCUT2D eigenvalue weighted by Crippen LogP contribution is 2.33. The largest absolute Gasteiger partial charge is 0.367 e. The third-order valence-corrected chi connectivity index (χ3v) is 7.66. The molecule has 7 nitrogen and oxygen atoms in total. The molecule has 1 fully saturated rings. The predicted octanol–water partition coefficient (Wildman–Crippen LogP) is 4.38. The third kappa shape index (κ3) is 4.28. The fourth-order valence-corrected chi connectivity index (χ4v) is 5.65. The lowest BCUT2D eigenvalue weighted by molar-refractivity contribution is -0.134. The number of hydrogen-bond acceptors (Lipinski definition) is 5. The van der Waals surface area contributed by atoms with E-state index in [4.69, 9.17) is 11.6 Å². The van der Waals surface area contributed by atoms with E-state index in [9.17, 15) is 4.79 Å². The van der Waals surface area contributed by atoms with Crippen molar-refractivity contribution in [2.75, 3.05) is 36.0 Å². The molecule has 1 unspecified atom stereocenters. The molecule has 184 valence electrons. The zero-order valence-electron chi connectivity index (χ0n) is 20.3. The van der Waals surface area contributed by atoms with Crippen LogP contribution in [-0.2, 0) is 24.3 Å². The first-order valence-electron chi connectivity index (χ1n) is 12.5. The van der Waals surface area contributed by atoms with Crippen LogP contribution in [0, 0.1) is 0 Å². The van der Waals surface area contributed by atoms with Crippen LogP contribution in [0.25, 0.3) is 11.2 Å². The first-order chi connectivity index (χ1) is 17.6. The summed E-state index contributed by atoms with van der Waals surface area (Å²) < 4.78 is 1.84. The second kappa shape index (κ2) is 9.47. The SMILES string of the molecule is CC1CN(c2cccc3c2CN(c2ccc(Cl)cc2)CC3)CCN1C(=O)Cn1cnc2cccnc21. The molecule has 6 rings (SSSR count). The summed E-state index contributed by atoms with van der Waals surface area (Å²) in [5, 5.41) is 0.760. The summed E-state index contributed by atoms with van der Waals surface area (Å²) in [5.74, 6) is 0.108. The van der Waals surface area contributed by atoms with Crippen LogP contribution in [0.4, 0.5) is 11.4 Å². The van der Waals surface area contributed by atoms with Gasteiger partial charge < -0.3 is 19.3 Å². The molecule has 8 heteroatoms. The molecule has 1 amide bonds. The minimum absolute atomic E-state index is 0.108. The first kappa shape index (κ1) is 22.9. The molecule has 2 aromatic carbocycles. The Hall–Kier alpha value is -3.58. The van der Waals surface area contributed by atoms with Crippen LogP contribution in [0.15, 0.2) is 67.1 Å². The fraction of sp³-hybridized carbons (Fsp3) is 0.321. The second-order valence-electron chi connectivity index (χ2n) is 9.66. The van der Waals surface area contributed by atoms with Gasteiger partial charge in [-0.3, -0.25) is 4.79 Å². The van der Waals surface area contributed by atoms with Gasteiger partial charge in [-0.15, -0.1) is 0 Å². The first-order valence-corrected chi connectivity index (χ1v) is 12.9. The fourth-order valence-electron chi connectivity index (χ4n) is 5.53. The molecule has 1 atom stereocenters. The van der Waals surface area contributed by atoms with Gasteiger partial charge in [-0.1, -0.05) is 23.7 Å². The summed E-state index contributed by atoms with van der Waals surface area (Å²) in [4.78, 5) is 28.9. The van der Waals surface area contributed by atoms with Crippen molar-refractivity contribution in [2.24, 2.45) is 0 Å². The Labute approximate surface area is 215 Å². The number of carbonyl (C=O) groups is 1. The molecule has 4 aromatic rings. The standard InChI is InChI=1S/C28H29ClN6O/c1-20-16-33(14-15-35(20)27(36)18-34-19-31-25-5-3-12-30-28(25)34)26-6-2-4-21-11-13-32(17-24(21)26)23-9-7-22(29)8-10-23/h2-10,12,19-20H,11,13-18H2,1H3. The number of aromatic nitrogens is 3. The number of nitrogens with zero attached hydrogens (tertiary/aromatic N) is 6. The number of hydrogen-bond donors (Lipinski definition) is 0. The Morgan fingerprint density at radius 2 is 1.86 bits per heavy atom. The van der Waals surface area contributed by atoms with Crippen LogP contribution in [0.2, 0.25) is 5.02 Å². The predicted molar refractivity (Wildman–Crippen MR) is 144 cm³/mol. The maximum absolute atomic E-state index is 13.2. The minimum Gasteiger partial charge on any atom is -0.367 e. The quantitative estimate of drug-likeness (QED) is 0.416. The average Bonchev–Trinajstić information content (AvgIpc) is 3.31. The van der Waals surface area contributed by atoms with E-state index >= 15 is 0 Å². The van der Waals surface area contributed by atoms with Crippen molar-refractivity contribution >= 4 is 40.0 Å². The zero-order valence-corrected chi connectivity index (χ0v) is 21.1. The lowest BCUT2D eigenvalue weighted by Gasteiger charge is -2.43. The van der Waals surface area contributed by atoms with Crippen molar-refractivity contribution in [1.82, 2.24) is 19.4 Å². The van der Waals surface area contributed by atoms with Crippen molar-refractivity contribution in [3.63, 3.8) is 0 Å². The van der Waals surface area contributed by atoms with E-state index in [-0.39, 0.29) is 18.5 Å². The molecule has 2 aliphatic rings. The summed E-state index contributed by atoms with van der Waals surface area (Å²) >= 11 is 6.11. The van der Waals surface area contributed by atoms with E-state index in [0.29, 0.717) is 6.54 Å². The van der Waals surface area contributed by atoms with Crippen LogP contribution < -0.4 is 9.80 Å². The van der Waals surface area contributed by atoms with Crippen molar-refractivity contribution in [3.8, 4) is 0 Å². The highest BCUT2D eigenvalue weighted by molar-refractivity contribution is 6.30. The molecule has 0 radical (unpaired) electrons. The number of carbonyl (C=O) groups excluding carboxylic acids is 1. The Kier molecular flexibility index (Phi) is 6.01. The van der Waals surface area contributed by atoms with Crippen LogP contribution in [-0.4, -0.2) is 57.6 Å². The highest BCUT2D eigenvalue weighted by atomic mass is 35.5. The number of benzene rings is 2. The van der Waals surface area contributed by atoms with Gasteiger partial charge in [0, 0.05) is 61.4 Å². The van der Waals surface area contributed by atoms with Gasteiger partial charge in [-0.05, 0) is 66.9 Å². The topological polar surface area (TPSA) is 57.5 Å². The summed E-state index contributed by atoms with van der Waals surface area (Å²) in [6, 6.07) is 18.7. The van der Waals surface area contributed by atoms with E-state index in [2.05, 4.69) is 57.0 Å². The third-order valence-electron chi connectivity index (χ3n) is 7.41. The van der Waals surface area contributed by atoms with Gasteiger partial charge >= 0.3 is 0 Å². The van der Waals surface area contributed by atoms with Gasteiger partial charge in [0.1, 0.15) is 12.1 Å². The summed E-state index contributed by atoms with van der Waals surface area (Å²) in [5.41, 5.74) is 6.85. The summed E-state index contributed by atoms with van der Waals surface area (Å²) in [6.07, 6.45) is 4.47. The monoisotopic (exact) mass is 500 g/mol. The molecule has 36 heavy (non-hydrogen) atoms. The Morgan fingerprint density at radius 1 is 1.00 bits per heavy atom. The molecule has 2 aromatic heterocycles. The molecule has 4 heterocycles. The lowest BCUT2D eigenvalue weighted by atomic mass is 9.96.